The van der Waals surface area contributed by atoms with Crippen LogP contribution in [0, 0.1) is 5.92 Å². The van der Waals surface area contributed by atoms with Crippen molar-refractivity contribution in [2.24, 2.45) is 5.92 Å². The largest absolute Gasteiger partial charge is 0.466 e. The molecule has 0 aromatic heterocycles. The lowest BCUT2D eigenvalue weighted by molar-refractivity contribution is -0.142. The maximum absolute atomic E-state index is 11.2. The monoisotopic (exact) mass is 249 g/mol. The maximum atomic E-state index is 11.2. The Morgan fingerprint density at radius 2 is 2.25 bits per heavy atom. The highest BCUT2D eigenvalue weighted by atomic mass is 32.2. The number of nitrogens with one attached hydrogen (secondary N) is 1. The Hall–Kier alpha value is -0.620. The molecule has 1 unspecified atom stereocenters. The number of carbonyl (C=O) groups excluding carboxylic acids is 1. The van der Waals surface area contributed by atoms with E-state index in [9.17, 15) is 13.2 Å². The van der Waals surface area contributed by atoms with E-state index in [1.54, 1.807) is 6.92 Å². The Morgan fingerprint density at radius 1 is 1.50 bits per heavy atom. The van der Waals surface area contributed by atoms with E-state index in [4.69, 9.17) is 4.74 Å². The van der Waals surface area contributed by atoms with Crippen molar-refractivity contribution in [3.05, 3.63) is 0 Å². The summed E-state index contributed by atoms with van der Waals surface area (Å²) in [5, 5.41) is 3.09. The van der Waals surface area contributed by atoms with Gasteiger partial charge in [-0.1, -0.05) is 0 Å². The van der Waals surface area contributed by atoms with Crippen LogP contribution in [-0.4, -0.2) is 45.6 Å². The minimum absolute atomic E-state index is 0.201. The highest BCUT2D eigenvalue weighted by molar-refractivity contribution is 7.91. The quantitative estimate of drug-likeness (QED) is 0.528. The molecular weight excluding hydrogens is 230 g/mol. The second-order valence-corrected chi connectivity index (χ2v) is 6.26. The fourth-order valence-corrected chi connectivity index (χ4v) is 3.62. The van der Waals surface area contributed by atoms with E-state index >= 15 is 0 Å². The van der Waals surface area contributed by atoms with Gasteiger partial charge in [-0.05, 0) is 25.8 Å². The summed E-state index contributed by atoms with van der Waals surface area (Å²) < 4.78 is 27.1. The summed E-state index contributed by atoms with van der Waals surface area (Å²) in [6.07, 6.45) is 1.07. The van der Waals surface area contributed by atoms with Crippen LogP contribution in [0.2, 0.25) is 0 Å². The van der Waals surface area contributed by atoms with Crippen LogP contribution in [0.5, 0.6) is 0 Å². The molecule has 0 bridgehead atoms. The first-order valence-electron chi connectivity index (χ1n) is 5.60. The zero-order chi connectivity index (χ0) is 12.0. The lowest BCUT2D eigenvalue weighted by atomic mass is 10.1. The minimum Gasteiger partial charge on any atom is -0.466 e. The van der Waals surface area contributed by atoms with E-state index in [2.05, 4.69) is 5.32 Å². The van der Waals surface area contributed by atoms with Crippen LogP contribution in [0.15, 0.2) is 0 Å². The first-order valence-corrected chi connectivity index (χ1v) is 7.42. The van der Waals surface area contributed by atoms with E-state index in [1.165, 1.54) is 0 Å². The Balaban J connectivity index is 2.06. The molecule has 1 atom stereocenters. The molecule has 0 saturated carbocycles. The van der Waals surface area contributed by atoms with E-state index in [-0.39, 0.29) is 17.6 Å². The Labute approximate surface area is 96.5 Å². The van der Waals surface area contributed by atoms with E-state index in [1.807, 2.05) is 0 Å². The molecule has 0 spiro atoms. The predicted molar refractivity (Wildman–Crippen MR) is 60.9 cm³/mol. The topological polar surface area (TPSA) is 72.5 Å². The van der Waals surface area contributed by atoms with Crippen molar-refractivity contribution >= 4 is 15.8 Å². The van der Waals surface area contributed by atoms with Crippen molar-refractivity contribution < 1.29 is 17.9 Å². The first-order chi connectivity index (χ1) is 7.53. The minimum atomic E-state index is -2.79. The fourth-order valence-electron chi connectivity index (χ4n) is 1.76. The summed E-state index contributed by atoms with van der Waals surface area (Å²) in [5.41, 5.74) is 0. The zero-order valence-electron chi connectivity index (χ0n) is 9.57. The van der Waals surface area contributed by atoms with Crippen molar-refractivity contribution in [3.8, 4) is 0 Å². The van der Waals surface area contributed by atoms with Gasteiger partial charge in [0.25, 0.3) is 0 Å². The van der Waals surface area contributed by atoms with Crippen LogP contribution in [0.25, 0.3) is 0 Å². The average Bonchev–Trinajstić information content (AvgIpc) is 2.54. The molecule has 1 aliphatic heterocycles. The van der Waals surface area contributed by atoms with Gasteiger partial charge in [0.1, 0.15) is 0 Å². The lowest BCUT2D eigenvalue weighted by Crippen LogP contribution is -2.26. The summed E-state index contributed by atoms with van der Waals surface area (Å²) in [4.78, 5) is 11.0. The third kappa shape index (κ3) is 4.94. The smallest absolute Gasteiger partial charge is 0.307 e. The van der Waals surface area contributed by atoms with Gasteiger partial charge in [0.15, 0.2) is 9.84 Å². The normalized spacial score (nSPS) is 23.2. The van der Waals surface area contributed by atoms with Gasteiger partial charge >= 0.3 is 5.97 Å². The Morgan fingerprint density at radius 3 is 2.81 bits per heavy atom. The van der Waals surface area contributed by atoms with Gasteiger partial charge in [-0.15, -0.1) is 0 Å². The van der Waals surface area contributed by atoms with Crippen LogP contribution < -0.4 is 5.32 Å². The van der Waals surface area contributed by atoms with Crippen molar-refractivity contribution in [2.45, 2.75) is 19.8 Å². The van der Waals surface area contributed by atoms with Crippen LogP contribution in [-0.2, 0) is 19.4 Å². The third-order valence-electron chi connectivity index (χ3n) is 2.57. The van der Waals surface area contributed by atoms with E-state index in [0.29, 0.717) is 31.9 Å². The second kappa shape index (κ2) is 6.20. The molecule has 94 valence electrons. The maximum Gasteiger partial charge on any atom is 0.307 e. The molecule has 0 amide bonds. The molecule has 1 saturated heterocycles. The highest BCUT2D eigenvalue weighted by Crippen LogP contribution is 2.17. The standard InChI is InChI=1S/C10H19NO4S/c1-2-15-10(12)3-5-11-7-9-4-6-16(13,14)8-9/h9,11H,2-8H2,1H3. The summed E-state index contributed by atoms with van der Waals surface area (Å²) in [6, 6.07) is 0. The fraction of sp³-hybridized carbons (Fsp3) is 0.900. The van der Waals surface area contributed by atoms with Gasteiger partial charge in [-0.2, -0.15) is 0 Å². The van der Waals surface area contributed by atoms with Crippen LogP contribution in [0.4, 0.5) is 0 Å². The first kappa shape index (κ1) is 13.4. The van der Waals surface area contributed by atoms with Crippen LogP contribution in [0.1, 0.15) is 19.8 Å². The number of sulfone groups is 1. The van der Waals surface area contributed by atoms with Crippen molar-refractivity contribution in [2.75, 3.05) is 31.2 Å². The number of ether oxygens (including phenoxy) is 1. The molecule has 5 nitrogen and oxygen atoms in total. The molecule has 0 aliphatic carbocycles. The molecule has 0 radical (unpaired) electrons. The molecule has 1 fully saturated rings. The highest BCUT2D eigenvalue weighted by Gasteiger charge is 2.27. The molecule has 0 aromatic carbocycles. The molecule has 1 rings (SSSR count). The number of carbonyl (C=O) groups is 1. The lowest BCUT2D eigenvalue weighted by Gasteiger charge is -2.08. The molecule has 16 heavy (non-hydrogen) atoms. The van der Waals surface area contributed by atoms with Gasteiger partial charge in [0, 0.05) is 6.54 Å². The molecule has 6 heteroatoms. The summed E-state index contributed by atoms with van der Waals surface area (Å²) in [7, 11) is -2.79. The molecule has 0 aromatic rings. The number of hydrogen-bond donors (Lipinski definition) is 1. The Kier molecular flexibility index (Phi) is 5.21. The third-order valence-corrected chi connectivity index (χ3v) is 4.41. The average molecular weight is 249 g/mol. The van der Waals surface area contributed by atoms with Gasteiger partial charge in [-0.3, -0.25) is 4.79 Å². The summed E-state index contributed by atoms with van der Waals surface area (Å²) >= 11 is 0. The molecule has 1 N–H and O–H groups in total. The SMILES string of the molecule is CCOC(=O)CCNCC1CCS(=O)(=O)C1. The van der Waals surface area contributed by atoms with Gasteiger partial charge in [0.2, 0.25) is 0 Å². The van der Waals surface area contributed by atoms with Crippen LogP contribution >= 0.6 is 0 Å². The van der Waals surface area contributed by atoms with Gasteiger partial charge < -0.3 is 10.1 Å². The van der Waals surface area contributed by atoms with Crippen LogP contribution in [0.3, 0.4) is 0 Å². The van der Waals surface area contributed by atoms with Crippen molar-refractivity contribution in [1.82, 2.24) is 5.32 Å². The second-order valence-electron chi connectivity index (χ2n) is 4.03. The summed E-state index contributed by atoms with van der Waals surface area (Å²) in [5.74, 6) is 0.567. The zero-order valence-corrected chi connectivity index (χ0v) is 10.4. The molecule has 1 aliphatic rings. The Bertz CT molecular complexity index is 326. The number of rotatable bonds is 6. The van der Waals surface area contributed by atoms with E-state index in [0.717, 1.165) is 6.42 Å². The van der Waals surface area contributed by atoms with Gasteiger partial charge in [0.05, 0.1) is 24.5 Å². The van der Waals surface area contributed by atoms with Crippen molar-refractivity contribution in [3.63, 3.8) is 0 Å². The predicted octanol–water partition coefficient (Wildman–Crippen LogP) is -0.0361. The van der Waals surface area contributed by atoms with E-state index < -0.39 is 9.84 Å². The molecular formula is C10H19NO4S. The molecule has 1 heterocycles. The number of esters is 1. The van der Waals surface area contributed by atoms with Crippen molar-refractivity contribution in [1.29, 1.82) is 0 Å². The number of hydrogen-bond acceptors (Lipinski definition) is 5. The summed E-state index contributed by atoms with van der Waals surface area (Å²) in [6.45, 7) is 3.39. The van der Waals surface area contributed by atoms with Gasteiger partial charge in [-0.25, -0.2) is 8.42 Å².